The quantitative estimate of drug-likeness (QED) is 0.796. The van der Waals surface area contributed by atoms with Crippen molar-refractivity contribution in [3.8, 4) is 0 Å². The molecule has 1 aromatic rings. The van der Waals surface area contributed by atoms with E-state index in [2.05, 4.69) is 15.3 Å². The molecule has 2 rings (SSSR count). The molecule has 0 amide bonds. The lowest BCUT2D eigenvalue weighted by Gasteiger charge is -2.22. The first-order chi connectivity index (χ1) is 7.84. The maximum Gasteiger partial charge on any atom is 0.217 e. The molecule has 1 fully saturated rings. The normalized spacial score (nSPS) is 20.7. The van der Waals surface area contributed by atoms with Gasteiger partial charge in [0.05, 0.1) is 6.10 Å². The minimum absolute atomic E-state index is 0.341. The Hall–Kier alpha value is -1.23. The highest BCUT2D eigenvalue weighted by molar-refractivity contribution is 5.31. The topological polar surface area (TPSA) is 47.0 Å². The molecule has 88 valence electrons. The molecule has 16 heavy (non-hydrogen) atoms. The average molecular weight is 225 g/mol. The van der Waals surface area contributed by atoms with Crippen LogP contribution in [0.3, 0.4) is 0 Å². The van der Waals surface area contributed by atoms with Crippen molar-refractivity contribution in [3.63, 3.8) is 0 Å². The number of hydrogen-bond acceptors (Lipinski definition) is 4. The summed E-state index contributed by atoms with van der Waals surface area (Å²) in [5.41, 5.74) is 0. The highest BCUT2D eigenvalue weighted by atomic mass is 19.1. The number of nitrogens with zero attached hydrogens (tertiary/aromatic N) is 2. The molecular formula is C11H16FN3O. The van der Waals surface area contributed by atoms with Crippen molar-refractivity contribution < 1.29 is 9.13 Å². The van der Waals surface area contributed by atoms with Crippen molar-refractivity contribution in [3.05, 3.63) is 18.3 Å². The third-order valence-corrected chi connectivity index (χ3v) is 2.68. The van der Waals surface area contributed by atoms with Gasteiger partial charge < -0.3 is 10.1 Å². The van der Waals surface area contributed by atoms with Crippen molar-refractivity contribution in [2.45, 2.75) is 31.8 Å². The van der Waals surface area contributed by atoms with E-state index in [4.69, 9.17) is 4.74 Å². The van der Waals surface area contributed by atoms with E-state index in [1.165, 1.54) is 25.2 Å². The third kappa shape index (κ3) is 3.41. The van der Waals surface area contributed by atoms with E-state index in [1.54, 1.807) is 0 Å². The highest BCUT2D eigenvalue weighted by Crippen LogP contribution is 2.15. The fraction of sp³-hybridized carbons (Fsp3) is 0.636. The predicted molar refractivity (Wildman–Crippen MR) is 58.7 cm³/mol. The van der Waals surface area contributed by atoms with Crippen LogP contribution in [-0.4, -0.2) is 29.2 Å². The Kier molecular flexibility index (Phi) is 4.04. The zero-order chi connectivity index (χ0) is 11.2. The van der Waals surface area contributed by atoms with Crippen molar-refractivity contribution >= 4 is 5.82 Å². The van der Waals surface area contributed by atoms with Crippen LogP contribution in [0.4, 0.5) is 10.2 Å². The Balaban J connectivity index is 1.71. The Morgan fingerprint density at radius 3 is 3.12 bits per heavy atom. The molecule has 5 heteroatoms. The number of ether oxygens (including phenoxy) is 1. The standard InChI is InChI=1S/C11H16FN3O/c12-10-7-11(15-8-14-10)13-5-4-9-3-1-2-6-16-9/h7-9H,1-6H2,(H,13,14,15). The van der Waals surface area contributed by atoms with Gasteiger partial charge >= 0.3 is 0 Å². The second-order valence-corrected chi connectivity index (χ2v) is 3.93. The molecule has 1 aromatic heterocycles. The van der Waals surface area contributed by atoms with E-state index in [-0.39, 0.29) is 0 Å². The summed E-state index contributed by atoms with van der Waals surface area (Å²) in [4.78, 5) is 7.31. The minimum atomic E-state index is -0.508. The minimum Gasteiger partial charge on any atom is -0.378 e. The van der Waals surface area contributed by atoms with Crippen LogP contribution in [0, 0.1) is 5.95 Å². The lowest BCUT2D eigenvalue weighted by atomic mass is 10.1. The number of halogens is 1. The van der Waals surface area contributed by atoms with Crippen molar-refractivity contribution in [2.24, 2.45) is 0 Å². The van der Waals surface area contributed by atoms with Crippen LogP contribution in [-0.2, 0) is 4.74 Å². The molecule has 0 aromatic carbocycles. The molecular weight excluding hydrogens is 209 g/mol. The molecule has 4 nitrogen and oxygen atoms in total. The molecule has 0 aliphatic carbocycles. The zero-order valence-electron chi connectivity index (χ0n) is 9.16. The fourth-order valence-corrected chi connectivity index (χ4v) is 1.83. The molecule has 0 saturated carbocycles. The lowest BCUT2D eigenvalue weighted by Crippen LogP contribution is -2.22. The first-order valence-corrected chi connectivity index (χ1v) is 5.67. The summed E-state index contributed by atoms with van der Waals surface area (Å²) in [7, 11) is 0. The molecule has 2 heterocycles. The van der Waals surface area contributed by atoms with Gasteiger partial charge in [-0.2, -0.15) is 4.39 Å². The second-order valence-electron chi connectivity index (χ2n) is 3.93. The SMILES string of the molecule is Fc1cc(NCCC2CCCCO2)ncn1. The summed E-state index contributed by atoms with van der Waals surface area (Å²) in [5.74, 6) is 0.0229. The molecule has 1 atom stereocenters. The van der Waals surface area contributed by atoms with Gasteiger partial charge in [-0.15, -0.1) is 0 Å². The Labute approximate surface area is 94.2 Å². The van der Waals surface area contributed by atoms with E-state index in [0.717, 1.165) is 26.0 Å². The van der Waals surface area contributed by atoms with Gasteiger partial charge in [0.25, 0.3) is 0 Å². The average Bonchev–Trinajstić information content (AvgIpc) is 2.30. The van der Waals surface area contributed by atoms with Crippen LogP contribution in [0.1, 0.15) is 25.7 Å². The maximum absolute atomic E-state index is 12.7. The summed E-state index contributed by atoms with van der Waals surface area (Å²) in [5, 5.41) is 3.06. The molecule has 0 bridgehead atoms. The first-order valence-electron chi connectivity index (χ1n) is 5.67. The van der Waals surface area contributed by atoms with E-state index >= 15 is 0 Å². The third-order valence-electron chi connectivity index (χ3n) is 2.68. The monoisotopic (exact) mass is 225 g/mol. The molecule has 1 unspecified atom stereocenters. The summed E-state index contributed by atoms with van der Waals surface area (Å²) in [6, 6.07) is 1.29. The second kappa shape index (κ2) is 5.75. The van der Waals surface area contributed by atoms with Gasteiger partial charge in [0, 0.05) is 19.2 Å². The van der Waals surface area contributed by atoms with Crippen molar-refractivity contribution in [2.75, 3.05) is 18.5 Å². The van der Waals surface area contributed by atoms with E-state index in [9.17, 15) is 4.39 Å². The number of rotatable bonds is 4. The summed E-state index contributed by atoms with van der Waals surface area (Å²) in [6.45, 7) is 1.62. The number of hydrogen-bond donors (Lipinski definition) is 1. The van der Waals surface area contributed by atoms with Crippen LogP contribution in [0.15, 0.2) is 12.4 Å². The number of anilines is 1. The van der Waals surface area contributed by atoms with E-state index in [0.29, 0.717) is 11.9 Å². The highest BCUT2D eigenvalue weighted by Gasteiger charge is 2.12. The number of nitrogens with one attached hydrogen (secondary N) is 1. The predicted octanol–water partition coefficient (Wildman–Crippen LogP) is 1.99. The van der Waals surface area contributed by atoms with Crippen molar-refractivity contribution in [1.82, 2.24) is 9.97 Å². The fourth-order valence-electron chi connectivity index (χ4n) is 1.83. The zero-order valence-corrected chi connectivity index (χ0v) is 9.16. The van der Waals surface area contributed by atoms with Gasteiger partial charge in [-0.3, -0.25) is 0 Å². The van der Waals surface area contributed by atoms with Crippen LogP contribution < -0.4 is 5.32 Å². The summed E-state index contributed by atoms with van der Waals surface area (Å²) >= 11 is 0. The van der Waals surface area contributed by atoms with Gasteiger partial charge in [0.15, 0.2) is 0 Å². The molecule has 1 aliphatic rings. The van der Waals surface area contributed by atoms with Crippen molar-refractivity contribution in [1.29, 1.82) is 0 Å². The van der Waals surface area contributed by atoms with Crippen LogP contribution in [0.25, 0.3) is 0 Å². The molecule has 1 saturated heterocycles. The smallest absolute Gasteiger partial charge is 0.217 e. The molecule has 0 radical (unpaired) electrons. The van der Waals surface area contributed by atoms with Crippen LogP contribution in [0.2, 0.25) is 0 Å². The Morgan fingerprint density at radius 1 is 1.44 bits per heavy atom. The van der Waals surface area contributed by atoms with Crippen LogP contribution in [0.5, 0.6) is 0 Å². The van der Waals surface area contributed by atoms with Gasteiger partial charge in [-0.05, 0) is 25.7 Å². The van der Waals surface area contributed by atoms with Gasteiger partial charge in [0.2, 0.25) is 5.95 Å². The van der Waals surface area contributed by atoms with E-state index in [1.807, 2.05) is 0 Å². The molecule has 1 aliphatic heterocycles. The van der Waals surface area contributed by atoms with E-state index < -0.39 is 5.95 Å². The summed E-state index contributed by atoms with van der Waals surface area (Å²) < 4.78 is 18.3. The summed E-state index contributed by atoms with van der Waals surface area (Å²) in [6.07, 6.45) is 6.03. The molecule has 1 N–H and O–H groups in total. The lowest BCUT2D eigenvalue weighted by molar-refractivity contribution is 0.0134. The largest absolute Gasteiger partial charge is 0.378 e. The molecule has 0 spiro atoms. The van der Waals surface area contributed by atoms with Gasteiger partial charge in [-0.1, -0.05) is 0 Å². The van der Waals surface area contributed by atoms with Crippen LogP contribution >= 0.6 is 0 Å². The Bertz CT molecular complexity index is 329. The maximum atomic E-state index is 12.7. The van der Waals surface area contributed by atoms with Gasteiger partial charge in [-0.25, -0.2) is 9.97 Å². The van der Waals surface area contributed by atoms with Gasteiger partial charge in [0.1, 0.15) is 12.1 Å². The Morgan fingerprint density at radius 2 is 2.38 bits per heavy atom. The first kappa shape index (κ1) is 11.3. The number of aromatic nitrogens is 2.